The summed E-state index contributed by atoms with van der Waals surface area (Å²) in [5.74, 6) is 1.65. The van der Waals surface area contributed by atoms with E-state index < -0.39 is 0 Å². The van der Waals surface area contributed by atoms with Crippen molar-refractivity contribution in [3.63, 3.8) is 0 Å². The maximum atomic E-state index is 4.81. The molecule has 1 fully saturated rings. The first-order valence-electron chi connectivity index (χ1n) is 8.73. The summed E-state index contributed by atoms with van der Waals surface area (Å²) in [6.07, 6.45) is 12.5. The molecule has 4 rings (SSSR count). The minimum absolute atomic E-state index is 0.576. The molecule has 0 aliphatic carbocycles. The lowest BCUT2D eigenvalue weighted by molar-refractivity contribution is 0.408. The SMILES string of the molecule is Cn1cncc1-c1cncc(C[C@@H]2CCCN(c3ccccn3)C2)n1. The second-order valence-electron chi connectivity index (χ2n) is 6.63. The van der Waals surface area contributed by atoms with Gasteiger partial charge in [0.05, 0.1) is 30.1 Å². The lowest BCUT2D eigenvalue weighted by Gasteiger charge is -2.33. The van der Waals surface area contributed by atoms with E-state index in [1.807, 2.05) is 42.5 Å². The van der Waals surface area contributed by atoms with Crippen molar-refractivity contribution in [1.82, 2.24) is 24.5 Å². The van der Waals surface area contributed by atoms with Gasteiger partial charge in [0.25, 0.3) is 0 Å². The van der Waals surface area contributed by atoms with Crippen molar-refractivity contribution in [2.75, 3.05) is 18.0 Å². The van der Waals surface area contributed by atoms with Gasteiger partial charge < -0.3 is 9.47 Å². The van der Waals surface area contributed by atoms with E-state index in [4.69, 9.17) is 4.98 Å². The predicted octanol–water partition coefficient (Wildman–Crippen LogP) is 2.73. The van der Waals surface area contributed by atoms with Crippen molar-refractivity contribution in [1.29, 1.82) is 0 Å². The van der Waals surface area contributed by atoms with E-state index in [1.54, 1.807) is 6.33 Å². The van der Waals surface area contributed by atoms with Crippen molar-refractivity contribution in [2.24, 2.45) is 13.0 Å². The molecule has 0 N–H and O–H groups in total. The van der Waals surface area contributed by atoms with Crippen LogP contribution in [-0.4, -0.2) is 37.6 Å². The Bertz CT molecular complexity index is 829. The molecule has 1 aliphatic rings. The highest BCUT2D eigenvalue weighted by Crippen LogP contribution is 2.24. The summed E-state index contributed by atoms with van der Waals surface area (Å²) in [6, 6.07) is 6.10. The monoisotopic (exact) mass is 334 g/mol. The normalized spacial score (nSPS) is 17.6. The summed E-state index contributed by atoms with van der Waals surface area (Å²) < 4.78 is 1.97. The van der Waals surface area contributed by atoms with E-state index in [-0.39, 0.29) is 0 Å². The zero-order chi connectivity index (χ0) is 17.1. The van der Waals surface area contributed by atoms with Crippen molar-refractivity contribution in [3.8, 4) is 11.4 Å². The Hall–Kier alpha value is -2.76. The number of aromatic nitrogens is 5. The summed E-state index contributed by atoms with van der Waals surface area (Å²) in [4.78, 5) is 20.2. The van der Waals surface area contributed by atoms with Gasteiger partial charge in [-0.2, -0.15) is 0 Å². The lowest BCUT2D eigenvalue weighted by Crippen LogP contribution is -2.36. The smallest absolute Gasteiger partial charge is 0.128 e. The van der Waals surface area contributed by atoms with Crippen molar-refractivity contribution < 1.29 is 0 Å². The summed E-state index contributed by atoms with van der Waals surface area (Å²) in [5, 5.41) is 0. The fourth-order valence-electron chi connectivity index (χ4n) is 3.51. The predicted molar refractivity (Wildman–Crippen MR) is 97.1 cm³/mol. The zero-order valence-electron chi connectivity index (χ0n) is 14.4. The molecule has 4 heterocycles. The van der Waals surface area contributed by atoms with Crippen LogP contribution in [0.3, 0.4) is 0 Å². The van der Waals surface area contributed by atoms with Gasteiger partial charge in [0.2, 0.25) is 0 Å². The van der Waals surface area contributed by atoms with Crippen LogP contribution < -0.4 is 4.90 Å². The minimum atomic E-state index is 0.576. The number of piperidine rings is 1. The molecule has 1 saturated heterocycles. The van der Waals surface area contributed by atoms with Crippen LogP contribution in [0.2, 0.25) is 0 Å². The third-order valence-electron chi connectivity index (χ3n) is 4.75. The number of aryl methyl sites for hydroxylation is 1. The molecule has 0 spiro atoms. The molecule has 0 amide bonds. The average molecular weight is 334 g/mol. The first kappa shape index (κ1) is 15.7. The molecule has 0 radical (unpaired) electrons. The highest BCUT2D eigenvalue weighted by molar-refractivity contribution is 5.52. The van der Waals surface area contributed by atoms with E-state index in [9.17, 15) is 0 Å². The summed E-state index contributed by atoms with van der Waals surface area (Å²) in [6.45, 7) is 2.10. The van der Waals surface area contributed by atoms with Crippen LogP contribution in [0, 0.1) is 5.92 Å². The molecule has 0 saturated carbocycles. The number of rotatable bonds is 4. The van der Waals surface area contributed by atoms with Gasteiger partial charge in [-0.1, -0.05) is 6.07 Å². The van der Waals surface area contributed by atoms with E-state index in [0.717, 1.165) is 42.4 Å². The van der Waals surface area contributed by atoms with E-state index in [0.29, 0.717) is 5.92 Å². The van der Waals surface area contributed by atoms with Crippen molar-refractivity contribution in [3.05, 3.63) is 55.0 Å². The lowest BCUT2D eigenvalue weighted by atomic mass is 9.93. The van der Waals surface area contributed by atoms with E-state index in [2.05, 4.69) is 32.0 Å². The van der Waals surface area contributed by atoms with Crippen LogP contribution in [0.15, 0.2) is 49.3 Å². The Morgan fingerprint density at radius 3 is 2.92 bits per heavy atom. The second kappa shape index (κ2) is 7.01. The van der Waals surface area contributed by atoms with Crippen LogP contribution in [0.1, 0.15) is 18.5 Å². The Morgan fingerprint density at radius 2 is 2.12 bits per heavy atom. The maximum Gasteiger partial charge on any atom is 0.128 e. The third kappa shape index (κ3) is 3.52. The third-order valence-corrected chi connectivity index (χ3v) is 4.75. The molecule has 3 aromatic rings. The van der Waals surface area contributed by atoms with Gasteiger partial charge in [0.15, 0.2) is 0 Å². The number of hydrogen-bond acceptors (Lipinski definition) is 5. The molecule has 0 bridgehead atoms. The molecule has 1 aliphatic heterocycles. The topological polar surface area (TPSA) is 59.7 Å². The maximum absolute atomic E-state index is 4.81. The van der Waals surface area contributed by atoms with Gasteiger partial charge in [0.1, 0.15) is 11.5 Å². The molecule has 6 heteroatoms. The van der Waals surface area contributed by atoms with Gasteiger partial charge in [-0.15, -0.1) is 0 Å². The van der Waals surface area contributed by atoms with Gasteiger partial charge in [0, 0.05) is 32.5 Å². The molecule has 0 unspecified atom stereocenters. The number of hydrogen-bond donors (Lipinski definition) is 0. The average Bonchev–Trinajstić information content (AvgIpc) is 3.09. The molecule has 0 aromatic carbocycles. The van der Waals surface area contributed by atoms with Crippen molar-refractivity contribution >= 4 is 5.82 Å². The largest absolute Gasteiger partial charge is 0.356 e. The molecular formula is C19H22N6. The molecular weight excluding hydrogens is 312 g/mol. The first-order valence-corrected chi connectivity index (χ1v) is 8.73. The van der Waals surface area contributed by atoms with E-state index in [1.165, 1.54) is 12.8 Å². The summed E-state index contributed by atoms with van der Waals surface area (Å²) in [7, 11) is 1.97. The number of imidazole rings is 1. The van der Waals surface area contributed by atoms with Gasteiger partial charge in [-0.05, 0) is 37.3 Å². The van der Waals surface area contributed by atoms with Gasteiger partial charge in [-0.3, -0.25) is 4.98 Å². The Balaban J connectivity index is 1.48. The number of nitrogens with zero attached hydrogens (tertiary/aromatic N) is 6. The summed E-state index contributed by atoms with van der Waals surface area (Å²) >= 11 is 0. The molecule has 25 heavy (non-hydrogen) atoms. The fourth-order valence-corrected chi connectivity index (χ4v) is 3.51. The van der Waals surface area contributed by atoms with Gasteiger partial charge in [-0.25, -0.2) is 15.0 Å². The van der Waals surface area contributed by atoms with E-state index >= 15 is 0 Å². The van der Waals surface area contributed by atoms with Crippen LogP contribution in [0.5, 0.6) is 0 Å². The highest BCUT2D eigenvalue weighted by Gasteiger charge is 2.21. The fraction of sp³-hybridized carbons (Fsp3) is 0.368. The standard InChI is InChI=1S/C19H22N6/c1-24-14-21-12-18(24)17-11-20-10-16(23-17)9-15-5-4-8-25(13-15)19-6-2-3-7-22-19/h2-3,6-7,10-12,14-15H,4-5,8-9,13H2,1H3/t15-/m0/s1. The summed E-state index contributed by atoms with van der Waals surface area (Å²) in [5.41, 5.74) is 2.93. The van der Waals surface area contributed by atoms with Crippen LogP contribution in [0.4, 0.5) is 5.82 Å². The van der Waals surface area contributed by atoms with Crippen LogP contribution >= 0.6 is 0 Å². The van der Waals surface area contributed by atoms with Crippen LogP contribution in [0.25, 0.3) is 11.4 Å². The molecule has 128 valence electrons. The first-order chi connectivity index (χ1) is 12.3. The quantitative estimate of drug-likeness (QED) is 0.734. The Morgan fingerprint density at radius 1 is 1.16 bits per heavy atom. The Kier molecular flexibility index (Phi) is 4.41. The van der Waals surface area contributed by atoms with Crippen molar-refractivity contribution in [2.45, 2.75) is 19.3 Å². The molecule has 1 atom stereocenters. The highest BCUT2D eigenvalue weighted by atomic mass is 15.2. The van der Waals surface area contributed by atoms with Crippen LogP contribution in [-0.2, 0) is 13.5 Å². The second-order valence-corrected chi connectivity index (χ2v) is 6.63. The molecule has 6 nitrogen and oxygen atoms in total. The minimum Gasteiger partial charge on any atom is -0.356 e. The number of pyridine rings is 1. The van der Waals surface area contributed by atoms with Gasteiger partial charge >= 0.3 is 0 Å². The zero-order valence-corrected chi connectivity index (χ0v) is 14.4. The molecule has 3 aromatic heterocycles. The number of anilines is 1. The Labute approximate surface area is 147 Å².